The van der Waals surface area contributed by atoms with Crippen molar-refractivity contribution in [2.75, 3.05) is 0 Å². The smallest absolute Gasteiger partial charge is 0.822 e. The van der Waals surface area contributed by atoms with E-state index in [1.807, 2.05) is 0 Å². The molecule has 0 aromatic carbocycles. The zero-order valence-electron chi connectivity index (χ0n) is 5.37. The second-order valence-corrected chi connectivity index (χ2v) is 2.68. The van der Waals surface area contributed by atoms with E-state index in [1.165, 1.54) is 0 Å². The Balaban J connectivity index is -0.0000000457. The summed E-state index contributed by atoms with van der Waals surface area (Å²) in [6, 6.07) is 0. The molecule has 0 aromatic heterocycles. The normalized spacial score (nSPS) is 9.83. The predicted octanol–water partition coefficient (Wildman–Crippen LogP) is -6.03. The molecule has 64 valence electrons. The van der Waals surface area contributed by atoms with E-state index in [-0.39, 0.29) is 44.8 Å². The Labute approximate surface area is 98.5 Å². The van der Waals surface area contributed by atoms with Gasteiger partial charge in [0.25, 0.3) is 0 Å². The molecule has 0 aliphatic carbocycles. The van der Waals surface area contributed by atoms with E-state index in [1.54, 1.807) is 0 Å². The second-order valence-electron chi connectivity index (χ2n) is 0.894. The second kappa shape index (κ2) is 9.26. The number of rotatable bonds is 0. The molecular weight excluding hydrogens is 262 g/mol. The third kappa shape index (κ3) is 463. The maximum atomic E-state index is 8.55. The Bertz CT molecular complexity index is 129. The van der Waals surface area contributed by atoms with E-state index >= 15 is 0 Å². The van der Waals surface area contributed by atoms with E-state index in [0.717, 1.165) is 0 Å². The van der Waals surface area contributed by atoms with Crippen molar-refractivity contribution in [3.8, 4) is 0 Å². The first-order chi connectivity index (χ1) is 4.00. The first kappa shape index (κ1) is 23.5. The minimum atomic E-state index is -5.39. The SMILES string of the molecule is O=P([O-])([O-])[O-].O=P([O-])([O-])[O-].[Mg+2].[Ti+4]. The minimum absolute atomic E-state index is 0. The van der Waals surface area contributed by atoms with Crippen LogP contribution in [0.3, 0.4) is 0 Å². The number of hydrogen-bond donors (Lipinski definition) is 0. The fourth-order valence-electron chi connectivity index (χ4n) is 0. The van der Waals surface area contributed by atoms with Gasteiger partial charge in [-0.2, -0.15) is 15.6 Å². The molecule has 0 spiro atoms. The molecule has 0 aliphatic heterocycles. The molecule has 0 unspecified atom stereocenters. The van der Waals surface area contributed by atoms with Crippen LogP contribution < -0.4 is 29.4 Å². The van der Waals surface area contributed by atoms with Crippen molar-refractivity contribution in [2.45, 2.75) is 0 Å². The van der Waals surface area contributed by atoms with Crippen LogP contribution in [0.1, 0.15) is 0 Å². The molecule has 0 aliphatic rings. The summed E-state index contributed by atoms with van der Waals surface area (Å²) in [6.07, 6.45) is 0. The van der Waals surface area contributed by atoms with Gasteiger partial charge >= 0.3 is 44.8 Å². The van der Waals surface area contributed by atoms with Crippen molar-refractivity contribution in [3.05, 3.63) is 0 Å². The molecule has 12 heavy (non-hydrogen) atoms. The first-order valence-corrected chi connectivity index (χ1v) is 4.38. The van der Waals surface area contributed by atoms with Crippen molar-refractivity contribution in [3.63, 3.8) is 0 Å². The van der Waals surface area contributed by atoms with Crippen LogP contribution in [0, 0.1) is 0 Å². The molecule has 12 heteroatoms. The van der Waals surface area contributed by atoms with E-state index < -0.39 is 15.6 Å². The van der Waals surface area contributed by atoms with Gasteiger partial charge in [-0.1, -0.05) is 0 Å². The van der Waals surface area contributed by atoms with Gasteiger partial charge in [-0.25, -0.2) is 0 Å². The summed E-state index contributed by atoms with van der Waals surface area (Å²) in [5.41, 5.74) is 0. The zero-order valence-corrected chi connectivity index (χ0v) is 10.1. The molecular formula is MgO8P2Ti. The van der Waals surface area contributed by atoms with Crippen LogP contribution in [0.15, 0.2) is 0 Å². The van der Waals surface area contributed by atoms with Crippen LogP contribution in [0.4, 0.5) is 0 Å². The quantitative estimate of drug-likeness (QED) is 0.306. The van der Waals surface area contributed by atoms with Crippen molar-refractivity contribution >= 4 is 38.7 Å². The molecule has 0 N–H and O–H groups in total. The van der Waals surface area contributed by atoms with Gasteiger partial charge in [-0.05, 0) is 0 Å². The summed E-state index contributed by atoms with van der Waals surface area (Å²) in [7, 11) is -10.8. The van der Waals surface area contributed by atoms with E-state index in [4.69, 9.17) is 38.5 Å². The summed E-state index contributed by atoms with van der Waals surface area (Å²) in [5.74, 6) is 0. The Morgan fingerprint density at radius 2 is 0.667 bits per heavy atom. The summed E-state index contributed by atoms with van der Waals surface area (Å²) in [6.45, 7) is 0. The van der Waals surface area contributed by atoms with Gasteiger partial charge in [0.15, 0.2) is 0 Å². The average Bonchev–Trinajstić information content (AvgIpc) is 1.12. The Morgan fingerprint density at radius 3 is 0.667 bits per heavy atom. The molecule has 0 aromatic rings. The van der Waals surface area contributed by atoms with Gasteiger partial charge in [-0.3, -0.25) is 0 Å². The summed E-state index contributed by atoms with van der Waals surface area (Å²) in [4.78, 5) is 51.3. The fourth-order valence-corrected chi connectivity index (χ4v) is 0. The van der Waals surface area contributed by atoms with Gasteiger partial charge < -0.3 is 38.5 Å². The number of hydrogen-bond acceptors (Lipinski definition) is 8. The molecule has 0 heterocycles. The largest absolute Gasteiger partial charge is 4.00 e. The summed E-state index contributed by atoms with van der Waals surface area (Å²) in [5, 5.41) is 0. The molecule has 0 bridgehead atoms. The number of phosphoric acid groups is 2. The maximum absolute atomic E-state index is 8.55. The molecule has 0 rings (SSSR count). The third-order valence-corrected chi connectivity index (χ3v) is 0. The molecule has 8 nitrogen and oxygen atoms in total. The molecule has 0 saturated carbocycles. The topological polar surface area (TPSA) is 172 Å². The monoisotopic (exact) mass is 262 g/mol. The van der Waals surface area contributed by atoms with Gasteiger partial charge in [0.05, 0.1) is 0 Å². The molecule has 0 radical (unpaired) electrons. The van der Waals surface area contributed by atoms with Gasteiger partial charge in [-0.15, -0.1) is 0 Å². The Hall–Kier alpha value is 1.70. The van der Waals surface area contributed by atoms with Gasteiger partial charge in [0, 0.05) is 0 Å². The summed E-state index contributed by atoms with van der Waals surface area (Å²) >= 11 is 0. The average molecular weight is 262 g/mol. The van der Waals surface area contributed by atoms with Crippen molar-refractivity contribution in [1.82, 2.24) is 0 Å². The molecule has 0 atom stereocenters. The van der Waals surface area contributed by atoms with Crippen molar-refractivity contribution in [2.24, 2.45) is 0 Å². The third-order valence-electron chi connectivity index (χ3n) is 0. The van der Waals surface area contributed by atoms with Gasteiger partial charge in [0.1, 0.15) is 0 Å². The molecule has 0 saturated heterocycles. The Morgan fingerprint density at radius 1 is 0.667 bits per heavy atom. The van der Waals surface area contributed by atoms with Crippen LogP contribution in [0.5, 0.6) is 0 Å². The van der Waals surface area contributed by atoms with Crippen LogP contribution in [0.2, 0.25) is 0 Å². The molecule has 0 fully saturated rings. The fraction of sp³-hybridized carbons (Fsp3) is 0. The molecule has 0 amide bonds. The standard InChI is InChI=1S/Mg.2H3O4P.Ti/c;2*1-5(2,3)4;/h;2*(H3,1,2,3,4);/q+2;;;+4/p-6. The first-order valence-electron chi connectivity index (χ1n) is 1.46. The van der Waals surface area contributed by atoms with Crippen LogP contribution in [-0.4, -0.2) is 23.1 Å². The van der Waals surface area contributed by atoms with Crippen LogP contribution in [0.25, 0.3) is 0 Å². The predicted molar refractivity (Wildman–Crippen MR) is 21.0 cm³/mol. The van der Waals surface area contributed by atoms with E-state index in [2.05, 4.69) is 0 Å². The Kier molecular flexibility index (Phi) is 18.1. The maximum Gasteiger partial charge on any atom is 4.00 e. The zero-order chi connectivity index (χ0) is 9.00. The van der Waals surface area contributed by atoms with Crippen molar-refractivity contribution < 1.29 is 60.2 Å². The van der Waals surface area contributed by atoms with E-state index in [0.29, 0.717) is 0 Å². The van der Waals surface area contributed by atoms with Crippen LogP contribution >= 0.6 is 15.6 Å². The van der Waals surface area contributed by atoms with E-state index in [9.17, 15) is 0 Å². The van der Waals surface area contributed by atoms with Gasteiger partial charge in [0.2, 0.25) is 0 Å². The minimum Gasteiger partial charge on any atom is -0.822 e. The van der Waals surface area contributed by atoms with Crippen LogP contribution in [-0.2, 0) is 30.8 Å². The van der Waals surface area contributed by atoms with Crippen molar-refractivity contribution in [1.29, 1.82) is 0 Å². The summed E-state index contributed by atoms with van der Waals surface area (Å²) < 4.78 is 17.1.